The van der Waals surface area contributed by atoms with E-state index in [4.69, 9.17) is 15.0 Å². The first-order valence-electron chi connectivity index (χ1n) is 12.6. The van der Waals surface area contributed by atoms with Gasteiger partial charge >= 0.3 is 0 Å². The van der Waals surface area contributed by atoms with Gasteiger partial charge in [-0.25, -0.2) is 22.6 Å². The Morgan fingerprint density at radius 3 is 2.41 bits per heavy atom. The number of nitrogens with zero attached hydrogens (tertiary/aromatic N) is 3. The second-order valence-corrected chi connectivity index (χ2v) is 11.1. The number of pyridine rings is 1. The van der Waals surface area contributed by atoms with Gasteiger partial charge in [-0.05, 0) is 68.8 Å². The Morgan fingerprint density at radius 2 is 1.77 bits per heavy atom. The van der Waals surface area contributed by atoms with Crippen LogP contribution < -0.4 is 15.2 Å². The molecule has 1 atom stereocenters. The third-order valence-corrected chi connectivity index (χ3v) is 8.17. The first kappa shape index (κ1) is 28.7. The molecule has 2 aromatic carbocycles. The number of rotatable bonds is 8. The number of aromatic nitrogens is 3. The average Bonchev–Trinajstić information content (AvgIpc) is 3.36. The molecule has 39 heavy (non-hydrogen) atoms. The van der Waals surface area contributed by atoms with Crippen molar-refractivity contribution in [3.05, 3.63) is 84.6 Å². The third kappa shape index (κ3) is 6.30. The molecule has 3 heterocycles. The van der Waals surface area contributed by atoms with E-state index >= 15 is 4.39 Å². The van der Waals surface area contributed by atoms with Crippen molar-refractivity contribution < 1.29 is 17.5 Å². The number of halogens is 2. The molecule has 0 radical (unpaired) electrons. The second-order valence-electron chi connectivity index (χ2n) is 9.33. The number of hydrogen-bond donors (Lipinski definition) is 2. The van der Waals surface area contributed by atoms with Gasteiger partial charge in [0.15, 0.2) is 0 Å². The van der Waals surface area contributed by atoms with Gasteiger partial charge in [-0.15, -0.1) is 12.4 Å². The molecule has 3 N–H and O–H groups in total. The largest absolute Gasteiger partial charge is 0.490 e. The van der Waals surface area contributed by atoms with Gasteiger partial charge < -0.3 is 10.1 Å². The number of hydrogen-bond acceptors (Lipinski definition) is 6. The zero-order valence-electron chi connectivity index (χ0n) is 21.5. The second kappa shape index (κ2) is 12.3. The van der Waals surface area contributed by atoms with Crippen LogP contribution in [0.25, 0.3) is 28.1 Å². The van der Waals surface area contributed by atoms with Crippen LogP contribution in [-0.4, -0.2) is 42.4 Å². The standard InChI is InChI=1S/C28H30FN5O3S.ClH/c1-2-26(38(30,35)36)24-5-3-4-23(27(24)29)25-18-34(33-28(25)19-10-14-31-15-11-19)20-6-8-21(9-7-20)37-22-12-16-32-17-13-22;/h3-11,14-15,18,22,26,32H,2,12-13,16-17H2,1H3,(H2,30,35,36);1H. The van der Waals surface area contributed by atoms with E-state index in [1.54, 1.807) is 54.5 Å². The first-order valence-corrected chi connectivity index (χ1v) is 14.2. The highest BCUT2D eigenvalue weighted by atomic mass is 35.5. The molecule has 0 aliphatic carbocycles. The summed E-state index contributed by atoms with van der Waals surface area (Å²) in [6.45, 7) is 3.56. The fraction of sp³-hybridized carbons (Fsp3) is 0.286. The number of ether oxygens (including phenoxy) is 1. The summed E-state index contributed by atoms with van der Waals surface area (Å²) in [6, 6.07) is 16.0. The van der Waals surface area contributed by atoms with Crippen LogP contribution >= 0.6 is 12.4 Å². The van der Waals surface area contributed by atoms with Crippen LogP contribution in [0.5, 0.6) is 5.75 Å². The molecule has 1 unspecified atom stereocenters. The molecule has 1 aliphatic heterocycles. The van der Waals surface area contributed by atoms with Crippen molar-refractivity contribution in [2.24, 2.45) is 5.14 Å². The summed E-state index contributed by atoms with van der Waals surface area (Å²) in [4.78, 5) is 4.08. The predicted octanol–water partition coefficient (Wildman–Crippen LogP) is 5.03. The summed E-state index contributed by atoms with van der Waals surface area (Å²) in [6.07, 6.45) is 7.32. The molecule has 5 rings (SSSR count). The van der Waals surface area contributed by atoms with Crippen molar-refractivity contribution in [1.29, 1.82) is 0 Å². The van der Waals surface area contributed by atoms with E-state index in [9.17, 15) is 8.42 Å². The van der Waals surface area contributed by atoms with E-state index in [-0.39, 0.29) is 36.1 Å². The number of primary sulfonamides is 1. The topological polar surface area (TPSA) is 112 Å². The van der Waals surface area contributed by atoms with Crippen LogP contribution in [0.2, 0.25) is 0 Å². The number of nitrogens with two attached hydrogens (primary N) is 1. The zero-order chi connectivity index (χ0) is 26.7. The van der Waals surface area contributed by atoms with E-state index in [1.807, 2.05) is 24.3 Å². The lowest BCUT2D eigenvalue weighted by atomic mass is 9.98. The van der Waals surface area contributed by atoms with Gasteiger partial charge in [-0.3, -0.25) is 4.98 Å². The van der Waals surface area contributed by atoms with Gasteiger partial charge in [0.2, 0.25) is 10.0 Å². The van der Waals surface area contributed by atoms with Gasteiger partial charge in [0.1, 0.15) is 28.6 Å². The molecule has 4 aromatic rings. The molecule has 1 aliphatic rings. The van der Waals surface area contributed by atoms with Crippen molar-refractivity contribution >= 4 is 22.4 Å². The number of nitrogens with one attached hydrogen (secondary N) is 1. The highest BCUT2D eigenvalue weighted by molar-refractivity contribution is 7.89. The van der Waals surface area contributed by atoms with Gasteiger partial charge in [-0.1, -0.05) is 25.1 Å². The van der Waals surface area contributed by atoms with Gasteiger partial charge in [0.25, 0.3) is 0 Å². The van der Waals surface area contributed by atoms with Gasteiger partial charge in [-0.2, -0.15) is 5.10 Å². The maximum absolute atomic E-state index is 15.9. The van der Waals surface area contributed by atoms with E-state index in [2.05, 4.69) is 10.3 Å². The third-order valence-electron chi connectivity index (χ3n) is 6.79. The molecule has 8 nitrogen and oxygen atoms in total. The van der Waals surface area contributed by atoms with Crippen LogP contribution in [0.3, 0.4) is 0 Å². The van der Waals surface area contributed by atoms with E-state index in [0.29, 0.717) is 11.3 Å². The molecule has 11 heteroatoms. The first-order chi connectivity index (χ1) is 18.3. The number of sulfonamides is 1. The van der Waals surface area contributed by atoms with Crippen LogP contribution in [-0.2, 0) is 10.0 Å². The number of piperidine rings is 1. The summed E-state index contributed by atoms with van der Waals surface area (Å²) < 4.78 is 48.1. The Hall–Kier alpha value is -3.31. The highest BCUT2D eigenvalue weighted by Crippen LogP contribution is 2.37. The van der Waals surface area contributed by atoms with E-state index in [0.717, 1.165) is 42.9 Å². The lowest BCUT2D eigenvalue weighted by Gasteiger charge is -2.23. The summed E-state index contributed by atoms with van der Waals surface area (Å²) in [5, 5.41) is 12.4. The van der Waals surface area contributed by atoms with Crippen molar-refractivity contribution in [3.63, 3.8) is 0 Å². The van der Waals surface area contributed by atoms with Gasteiger partial charge in [0, 0.05) is 40.8 Å². The Kier molecular flexibility index (Phi) is 9.01. The van der Waals surface area contributed by atoms with Crippen LogP contribution in [0.4, 0.5) is 4.39 Å². The molecule has 1 saturated heterocycles. The zero-order valence-corrected chi connectivity index (χ0v) is 23.1. The normalized spacial score (nSPS) is 14.9. The Balaban J connectivity index is 0.00000353. The quantitative estimate of drug-likeness (QED) is 0.307. The molecular formula is C28H31ClFN5O3S. The summed E-state index contributed by atoms with van der Waals surface area (Å²) in [5.41, 5.74) is 2.88. The molecule has 0 amide bonds. The smallest absolute Gasteiger partial charge is 0.216 e. The Morgan fingerprint density at radius 1 is 1.08 bits per heavy atom. The van der Waals surface area contributed by atoms with Crippen molar-refractivity contribution in [2.75, 3.05) is 13.1 Å². The maximum atomic E-state index is 15.9. The molecular weight excluding hydrogens is 541 g/mol. The van der Waals surface area contributed by atoms with E-state index in [1.165, 1.54) is 6.07 Å². The van der Waals surface area contributed by atoms with E-state index < -0.39 is 21.1 Å². The fourth-order valence-corrected chi connectivity index (χ4v) is 5.85. The molecule has 2 aromatic heterocycles. The molecule has 1 fully saturated rings. The number of benzene rings is 2. The summed E-state index contributed by atoms with van der Waals surface area (Å²) >= 11 is 0. The molecule has 206 valence electrons. The molecule has 0 spiro atoms. The van der Waals surface area contributed by atoms with Crippen LogP contribution in [0, 0.1) is 5.82 Å². The molecule has 0 bridgehead atoms. The van der Waals surface area contributed by atoms with Gasteiger partial charge in [0.05, 0.1) is 5.69 Å². The summed E-state index contributed by atoms with van der Waals surface area (Å²) in [7, 11) is -3.99. The van der Waals surface area contributed by atoms with Crippen molar-refractivity contribution in [3.8, 4) is 33.8 Å². The Labute approximate surface area is 233 Å². The lowest BCUT2D eigenvalue weighted by Crippen LogP contribution is -2.34. The minimum Gasteiger partial charge on any atom is -0.490 e. The monoisotopic (exact) mass is 571 g/mol. The summed E-state index contributed by atoms with van der Waals surface area (Å²) in [5.74, 6) is 0.156. The Bertz CT molecular complexity index is 1510. The van der Waals surface area contributed by atoms with Crippen molar-refractivity contribution in [2.45, 2.75) is 37.5 Å². The maximum Gasteiger partial charge on any atom is 0.216 e. The highest BCUT2D eigenvalue weighted by Gasteiger charge is 2.27. The lowest BCUT2D eigenvalue weighted by molar-refractivity contribution is 0.162. The van der Waals surface area contributed by atoms with Crippen molar-refractivity contribution in [1.82, 2.24) is 20.1 Å². The minimum atomic E-state index is -3.99. The molecule has 0 saturated carbocycles. The fourth-order valence-electron chi connectivity index (χ4n) is 4.85. The van der Waals surface area contributed by atoms with Crippen LogP contribution in [0.15, 0.2) is 73.2 Å². The average molecular weight is 572 g/mol. The minimum absolute atomic E-state index is 0. The van der Waals surface area contributed by atoms with Crippen LogP contribution in [0.1, 0.15) is 37.0 Å². The predicted molar refractivity (Wildman–Crippen MR) is 152 cm³/mol. The SMILES string of the molecule is CCC(c1cccc(-c2cn(-c3ccc(OC4CCNCC4)cc3)nc2-c2ccncc2)c1F)S(N)(=O)=O.Cl.